The number of rotatable bonds is 4. The first-order valence-corrected chi connectivity index (χ1v) is 9.06. The van der Waals surface area contributed by atoms with Crippen molar-refractivity contribution in [2.75, 3.05) is 13.1 Å². The van der Waals surface area contributed by atoms with Gasteiger partial charge in [0.05, 0.1) is 6.04 Å². The maximum atomic E-state index is 14.9. The van der Waals surface area contributed by atoms with Crippen molar-refractivity contribution >= 4 is 11.8 Å². The van der Waals surface area contributed by atoms with Gasteiger partial charge in [0.2, 0.25) is 0 Å². The van der Waals surface area contributed by atoms with Crippen LogP contribution >= 0.6 is 0 Å². The van der Waals surface area contributed by atoms with Gasteiger partial charge in [-0.1, -0.05) is 17.4 Å². The number of aliphatic hydroxyl groups is 1. The zero-order valence-electron chi connectivity index (χ0n) is 14.7. The summed E-state index contributed by atoms with van der Waals surface area (Å²) >= 11 is 0. The summed E-state index contributed by atoms with van der Waals surface area (Å²) in [5, 5.41) is 30.2. The predicted molar refractivity (Wildman–Crippen MR) is 91.5 cm³/mol. The molecule has 4 aliphatic rings. The Morgan fingerprint density at radius 3 is 2.69 bits per heavy atom. The van der Waals surface area contributed by atoms with Gasteiger partial charge in [-0.15, -0.1) is 5.11 Å². The van der Waals surface area contributed by atoms with Gasteiger partial charge in [0.15, 0.2) is 5.82 Å². The molecule has 4 fully saturated rings. The fourth-order valence-corrected chi connectivity index (χ4v) is 4.76. The molecule has 0 radical (unpaired) electrons. The summed E-state index contributed by atoms with van der Waals surface area (Å²) in [5.74, 6) is -0.581. The molecule has 7 nitrogen and oxygen atoms in total. The van der Waals surface area contributed by atoms with E-state index in [1.54, 1.807) is 11.1 Å². The van der Waals surface area contributed by atoms with Crippen molar-refractivity contribution in [2.45, 2.75) is 50.3 Å². The minimum Gasteiger partial charge on any atom is -0.465 e. The molecule has 1 aromatic rings. The fraction of sp³-hybridized carbons (Fsp3) is 0.611. The monoisotopic (exact) mass is 362 g/mol. The smallest absolute Gasteiger partial charge is 0.408 e. The number of aliphatic hydroxyl groups excluding tert-OH is 1. The highest BCUT2D eigenvalue weighted by Gasteiger charge is 2.63. The van der Waals surface area contributed by atoms with Crippen molar-refractivity contribution in [2.24, 2.45) is 16.3 Å². The zero-order chi connectivity index (χ0) is 18.5. The highest BCUT2D eigenvalue weighted by molar-refractivity contribution is 5.68. The van der Waals surface area contributed by atoms with Gasteiger partial charge in [0.1, 0.15) is 11.8 Å². The number of hydrogen-bond acceptors (Lipinski definition) is 4. The minimum absolute atomic E-state index is 0.0559. The van der Waals surface area contributed by atoms with E-state index in [0.717, 1.165) is 25.9 Å². The Morgan fingerprint density at radius 1 is 1.35 bits per heavy atom. The summed E-state index contributed by atoms with van der Waals surface area (Å²) in [6, 6.07) is 3.99. The lowest BCUT2D eigenvalue weighted by molar-refractivity contribution is 0.0499. The summed E-state index contributed by atoms with van der Waals surface area (Å²) < 4.78 is 14.9. The number of nitrogens with zero attached hydrogens (tertiary/aromatic N) is 4. The summed E-state index contributed by atoms with van der Waals surface area (Å²) in [7, 11) is 0. The predicted octanol–water partition coefficient (Wildman–Crippen LogP) is 3.48. The first-order valence-electron chi connectivity index (χ1n) is 9.06. The number of benzene rings is 1. The number of hydrogen-bond donors (Lipinski definition) is 2. The molecule has 8 heteroatoms. The first-order chi connectivity index (χ1) is 12.4. The second kappa shape index (κ2) is 6.19. The SMILES string of the molecule is CC12CC(C1)[C@H]([C@@H](O)c1cccc(N=NN3CCCC3)c1F)N2C(=O)O. The number of amides is 1. The van der Waals surface area contributed by atoms with Gasteiger partial charge < -0.3 is 10.2 Å². The molecule has 1 amide bonds. The average molecular weight is 362 g/mol. The maximum absolute atomic E-state index is 14.9. The lowest BCUT2D eigenvalue weighted by atomic mass is 9.72. The summed E-state index contributed by atoms with van der Waals surface area (Å²) in [5.41, 5.74) is -0.312. The van der Waals surface area contributed by atoms with Crippen LogP contribution in [0.25, 0.3) is 0 Å². The van der Waals surface area contributed by atoms with Crippen LogP contribution in [0.15, 0.2) is 28.5 Å². The molecule has 3 aliphatic heterocycles. The summed E-state index contributed by atoms with van der Waals surface area (Å²) in [6.07, 6.45) is 1.22. The van der Waals surface area contributed by atoms with Gasteiger partial charge in [-0.05, 0) is 44.6 Å². The van der Waals surface area contributed by atoms with Crippen molar-refractivity contribution in [3.8, 4) is 0 Å². The number of fused-ring (bicyclic) bond motifs is 1. The lowest BCUT2D eigenvalue weighted by Gasteiger charge is -2.37. The number of halogens is 1. The Hall–Kier alpha value is -2.22. The molecule has 0 unspecified atom stereocenters. The Bertz CT molecular complexity index is 744. The third-order valence-electron chi connectivity index (χ3n) is 5.98. The second-order valence-electron chi connectivity index (χ2n) is 7.78. The second-order valence-corrected chi connectivity index (χ2v) is 7.78. The summed E-state index contributed by atoms with van der Waals surface area (Å²) in [6.45, 7) is 3.49. The van der Waals surface area contributed by atoms with E-state index < -0.39 is 29.6 Å². The molecule has 1 aromatic carbocycles. The molecule has 3 heterocycles. The molecule has 140 valence electrons. The Balaban J connectivity index is 1.59. The van der Waals surface area contributed by atoms with E-state index in [9.17, 15) is 19.4 Å². The van der Waals surface area contributed by atoms with Crippen LogP contribution in [0.5, 0.6) is 0 Å². The van der Waals surface area contributed by atoms with Crippen LogP contribution in [0.3, 0.4) is 0 Å². The van der Waals surface area contributed by atoms with Crippen LogP contribution in [-0.2, 0) is 0 Å². The third kappa shape index (κ3) is 2.63. The third-order valence-corrected chi connectivity index (χ3v) is 5.98. The maximum Gasteiger partial charge on any atom is 0.408 e. The molecule has 5 rings (SSSR count). The quantitative estimate of drug-likeness (QED) is 0.803. The van der Waals surface area contributed by atoms with Crippen LogP contribution in [-0.4, -0.2) is 50.9 Å². The van der Waals surface area contributed by atoms with Gasteiger partial charge in [0.25, 0.3) is 0 Å². The van der Waals surface area contributed by atoms with E-state index >= 15 is 0 Å². The molecule has 2 atom stereocenters. The van der Waals surface area contributed by atoms with Gasteiger partial charge in [-0.3, -0.25) is 9.91 Å². The Labute approximate surface area is 151 Å². The normalized spacial score (nSPS) is 31.5. The van der Waals surface area contributed by atoms with E-state index in [2.05, 4.69) is 10.3 Å². The van der Waals surface area contributed by atoms with Crippen molar-refractivity contribution < 1.29 is 19.4 Å². The fourth-order valence-electron chi connectivity index (χ4n) is 4.76. The molecule has 3 saturated heterocycles. The van der Waals surface area contributed by atoms with Crippen LogP contribution in [0.1, 0.15) is 44.3 Å². The molecular weight excluding hydrogens is 339 g/mol. The van der Waals surface area contributed by atoms with E-state index in [-0.39, 0.29) is 17.2 Å². The van der Waals surface area contributed by atoms with Gasteiger partial charge in [-0.25, -0.2) is 9.18 Å². The standard InChI is InChI=1S/C18H23FN4O3/c1-18-9-11(10-18)15(23(18)17(25)26)16(24)12-5-4-6-13(14(12)19)20-21-22-7-2-3-8-22/h4-6,11,15-16,24H,2-3,7-10H2,1H3,(H,25,26)/t11?,15-,16+,18?/m1/s1. The van der Waals surface area contributed by atoms with Crippen LogP contribution < -0.4 is 0 Å². The highest BCUT2D eigenvalue weighted by atomic mass is 19.1. The molecule has 26 heavy (non-hydrogen) atoms. The molecule has 1 aliphatic carbocycles. The van der Waals surface area contributed by atoms with Gasteiger partial charge in [0, 0.05) is 24.2 Å². The molecule has 2 N–H and O–H groups in total. The van der Waals surface area contributed by atoms with Crippen LogP contribution in [0, 0.1) is 11.7 Å². The molecular formula is C18H23FN4O3. The van der Waals surface area contributed by atoms with Crippen LogP contribution in [0.4, 0.5) is 14.9 Å². The Kier molecular flexibility index (Phi) is 4.10. The molecule has 0 spiro atoms. The molecule has 0 aromatic heterocycles. The number of carbonyl (C=O) groups is 1. The molecule has 1 saturated carbocycles. The summed E-state index contributed by atoms with van der Waals surface area (Å²) in [4.78, 5) is 13.0. The molecule has 2 bridgehead atoms. The van der Waals surface area contributed by atoms with E-state index in [1.165, 1.54) is 17.0 Å². The zero-order valence-corrected chi connectivity index (χ0v) is 14.7. The first kappa shape index (κ1) is 17.2. The van der Waals surface area contributed by atoms with Crippen LogP contribution in [0.2, 0.25) is 0 Å². The van der Waals surface area contributed by atoms with E-state index in [1.807, 2.05) is 6.92 Å². The lowest BCUT2D eigenvalue weighted by Crippen LogP contribution is -2.47. The van der Waals surface area contributed by atoms with Crippen molar-refractivity contribution in [3.05, 3.63) is 29.6 Å². The van der Waals surface area contributed by atoms with Crippen molar-refractivity contribution in [1.82, 2.24) is 9.91 Å². The highest BCUT2D eigenvalue weighted by Crippen LogP contribution is 2.57. The number of carboxylic acid groups (broad SMARTS) is 1. The topological polar surface area (TPSA) is 88.7 Å². The minimum atomic E-state index is -1.22. The van der Waals surface area contributed by atoms with Crippen molar-refractivity contribution in [1.29, 1.82) is 0 Å². The van der Waals surface area contributed by atoms with Gasteiger partial charge in [-0.2, -0.15) is 0 Å². The largest absolute Gasteiger partial charge is 0.465 e. The average Bonchev–Trinajstić information content (AvgIpc) is 3.25. The van der Waals surface area contributed by atoms with E-state index in [4.69, 9.17) is 0 Å². The van der Waals surface area contributed by atoms with Crippen molar-refractivity contribution in [3.63, 3.8) is 0 Å². The van der Waals surface area contributed by atoms with E-state index in [0.29, 0.717) is 12.8 Å². The van der Waals surface area contributed by atoms with Gasteiger partial charge >= 0.3 is 6.09 Å². The Morgan fingerprint density at radius 2 is 2.04 bits per heavy atom.